The first kappa shape index (κ1) is 22.1. The fourth-order valence-electron chi connectivity index (χ4n) is 2.55. The number of hydrogen-bond acceptors (Lipinski definition) is 7. The van der Waals surface area contributed by atoms with Crippen molar-refractivity contribution in [2.75, 3.05) is 22.3 Å². The average Bonchev–Trinajstić information content (AvgIpc) is 3.12. The van der Waals surface area contributed by atoms with Crippen LogP contribution >= 0.6 is 11.8 Å². The number of hydrazone groups is 1. The second-order valence-electron chi connectivity index (χ2n) is 6.92. The zero-order valence-corrected chi connectivity index (χ0v) is 18.5. The van der Waals surface area contributed by atoms with Crippen molar-refractivity contribution in [1.82, 2.24) is 14.9 Å². The van der Waals surface area contributed by atoms with Gasteiger partial charge in [-0.05, 0) is 55.7 Å². The summed E-state index contributed by atoms with van der Waals surface area (Å²) in [7, 11) is 0. The van der Waals surface area contributed by atoms with Crippen LogP contribution in [-0.2, 0) is 4.79 Å². The Morgan fingerprint density at radius 3 is 2.68 bits per heavy atom. The van der Waals surface area contributed by atoms with Gasteiger partial charge in [-0.3, -0.25) is 4.79 Å². The number of benzene rings is 2. The Hall–Kier alpha value is -3.59. The van der Waals surface area contributed by atoms with E-state index < -0.39 is 0 Å². The van der Waals surface area contributed by atoms with Crippen LogP contribution in [0.1, 0.15) is 23.6 Å². The molecule has 0 spiro atoms. The predicted octanol–water partition coefficient (Wildman–Crippen LogP) is 3.84. The van der Waals surface area contributed by atoms with Crippen molar-refractivity contribution in [2.24, 2.45) is 5.10 Å². The minimum absolute atomic E-state index is 0.148. The van der Waals surface area contributed by atoms with E-state index in [1.165, 1.54) is 22.0 Å². The number of amides is 1. The molecule has 0 aliphatic heterocycles. The number of carbonyl (C=O) groups is 1. The highest BCUT2D eigenvalue weighted by Crippen LogP contribution is 2.18. The molecule has 0 bridgehead atoms. The Morgan fingerprint density at radius 2 is 1.94 bits per heavy atom. The van der Waals surface area contributed by atoms with Crippen molar-refractivity contribution in [1.29, 1.82) is 0 Å². The third kappa shape index (κ3) is 6.45. The second-order valence-corrected chi connectivity index (χ2v) is 7.86. The normalized spacial score (nSPS) is 11.6. The summed E-state index contributed by atoms with van der Waals surface area (Å²) >= 11 is 1.19. The predicted molar refractivity (Wildman–Crippen MR) is 128 cm³/mol. The van der Waals surface area contributed by atoms with Crippen LogP contribution in [0.5, 0.6) is 0 Å². The summed E-state index contributed by atoms with van der Waals surface area (Å²) in [5.41, 5.74) is 7.68. The molecule has 2 aromatic carbocycles. The summed E-state index contributed by atoms with van der Waals surface area (Å²) in [5.74, 6) is 6.31. The van der Waals surface area contributed by atoms with Gasteiger partial charge in [0.15, 0.2) is 0 Å². The average molecular weight is 436 g/mol. The molecular formula is C22H25N7OS. The van der Waals surface area contributed by atoms with Gasteiger partial charge in [0.05, 0.1) is 11.5 Å². The quantitative estimate of drug-likeness (QED) is 0.215. The number of nitrogens with one attached hydrogen (secondary N) is 2. The van der Waals surface area contributed by atoms with E-state index >= 15 is 0 Å². The lowest BCUT2D eigenvalue weighted by Gasteiger charge is -2.07. The standard InChI is InChI=1S/C22H25N7OS/c1-15-9-12-19(13-16(15)2)24-20(30)14-31-22-28-27-21(29(22)23)26-25-17(3)10-11-18-7-5-4-6-8-18/h4-13H,14,23H2,1-3H3,(H,24,30)(H,26,27)/b11-10+,25-17+. The van der Waals surface area contributed by atoms with Crippen LogP contribution in [-0.4, -0.2) is 32.2 Å². The number of nitrogens with zero attached hydrogens (tertiary/aromatic N) is 4. The van der Waals surface area contributed by atoms with Gasteiger partial charge >= 0.3 is 0 Å². The lowest BCUT2D eigenvalue weighted by Crippen LogP contribution is -2.17. The van der Waals surface area contributed by atoms with E-state index in [0.29, 0.717) is 5.16 Å². The second kappa shape index (κ2) is 10.4. The Balaban J connectivity index is 1.52. The summed E-state index contributed by atoms with van der Waals surface area (Å²) in [6, 6.07) is 15.7. The van der Waals surface area contributed by atoms with E-state index in [-0.39, 0.29) is 17.6 Å². The molecule has 0 saturated carbocycles. The minimum atomic E-state index is -0.148. The molecule has 0 atom stereocenters. The van der Waals surface area contributed by atoms with Crippen molar-refractivity contribution in [3.05, 3.63) is 71.3 Å². The molecule has 0 unspecified atom stereocenters. The highest BCUT2D eigenvalue weighted by molar-refractivity contribution is 7.99. The first-order chi connectivity index (χ1) is 14.9. The zero-order valence-electron chi connectivity index (χ0n) is 17.7. The third-order valence-corrected chi connectivity index (χ3v) is 5.38. The van der Waals surface area contributed by atoms with Gasteiger partial charge in [-0.15, -0.1) is 10.2 Å². The van der Waals surface area contributed by atoms with Gasteiger partial charge < -0.3 is 11.2 Å². The Bertz CT molecular complexity index is 1110. The van der Waals surface area contributed by atoms with Crippen molar-refractivity contribution in [2.45, 2.75) is 25.9 Å². The van der Waals surface area contributed by atoms with Gasteiger partial charge in [0.1, 0.15) is 0 Å². The molecule has 1 heterocycles. The Labute approximate surface area is 185 Å². The maximum atomic E-state index is 12.2. The SMILES string of the molecule is CC(/C=C/c1ccccc1)=N\Nc1nnc(SCC(=O)Nc2ccc(C)c(C)c2)n1N. The number of carbonyl (C=O) groups excluding carboxylic acids is 1. The van der Waals surface area contributed by atoms with Crippen molar-refractivity contribution in [3.8, 4) is 0 Å². The molecule has 9 heteroatoms. The minimum Gasteiger partial charge on any atom is -0.334 e. The van der Waals surface area contributed by atoms with Crippen LogP contribution in [0.3, 0.4) is 0 Å². The number of allylic oxidation sites excluding steroid dienone is 1. The van der Waals surface area contributed by atoms with Crippen LogP contribution in [0.4, 0.5) is 11.6 Å². The fraction of sp³-hybridized carbons (Fsp3) is 0.182. The monoisotopic (exact) mass is 435 g/mol. The molecular weight excluding hydrogens is 410 g/mol. The summed E-state index contributed by atoms with van der Waals surface area (Å²) in [4.78, 5) is 12.2. The number of nitrogen functional groups attached to an aromatic ring is 1. The molecule has 160 valence electrons. The van der Waals surface area contributed by atoms with Crippen LogP contribution in [0.25, 0.3) is 6.08 Å². The van der Waals surface area contributed by atoms with Gasteiger partial charge in [-0.2, -0.15) is 5.10 Å². The maximum absolute atomic E-state index is 12.2. The number of nitrogens with two attached hydrogens (primary N) is 1. The van der Waals surface area contributed by atoms with Crippen molar-refractivity contribution < 1.29 is 4.79 Å². The fourth-order valence-corrected chi connectivity index (χ4v) is 3.21. The maximum Gasteiger partial charge on any atom is 0.264 e. The van der Waals surface area contributed by atoms with Crippen LogP contribution in [0.15, 0.2) is 64.9 Å². The Morgan fingerprint density at radius 1 is 1.16 bits per heavy atom. The van der Waals surface area contributed by atoms with Crippen molar-refractivity contribution >= 4 is 41.1 Å². The highest BCUT2D eigenvalue weighted by Gasteiger charge is 2.12. The Kier molecular flexibility index (Phi) is 7.45. The summed E-state index contributed by atoms with van der Waals surface area (Å²) < 4.78 is 1.27. The van der Waals surface area contributed by atoms with Gasteiger partial charge in [0, 0.05) is 5.69 Å². The van der Waals surface area contributed by atoms with E-state index in [4.69, 9.17) is 5.84 Å². The molecule has 3 rings (SSSR count). The number of hydrogen-bond donors (Lipinski definition) is 3. The summed E-state index contributed by atoms with van der Waals surface area (Å²) in [6.07, 6.45) is 3.84. The number of anilines is 2. The first-order valence-corrected chi connectivity index (χ1v) is 10.6. The first-order valence-electron chi connectivity index (χ1n) is 9.66. The smallest absolute Gasteiger partial charge is 0.264 e. The largest absolute Gasteiger partial charge is 0.334 e. The molecule has 31 heavy (non-hydrogen) atoms. The summed E-state index contributed by atoms with van der Waals surface area (Å²) in [5, 5.41) is 15.5. The lowest BCUT2D eigenvalue weighted by atomic mass is 10.1. The van der Waals surface area contributed by atoms with Crippen LogP contribution in [0.2, 0.25) is 0 Å². The molecule has 0 aliphatic rings. The van der Waals surface area contributed by atoms with Gasteiger partial charge in [0.25, 0.3) is 5.95 Å². The van der Waals surface area contributed by atoms with Crippen LogP contribution < -0.4 is 16.6 Å². The zero-order chi connectivity index (χ0) is 22.2. The third-order valence-electron chi connectivity index (χ3n) is 4.44. The van der Waals surface area contributed by atoms with E-state index in [1.54, 1.807) is 0 Å². The van der Waals surface area contributed by atoms with Gasteiger partial charge in [-0.25, -0.2) is 10.1 Å². The number of aryl methyl sites for hydroxylation is 2. The van der Waals surface area contributed by atoms with Gasteiger partial charge in [-0.1, -0.05) is 54.2 Å². The topological polar surface area (TPSA) is 110 Å². The van der Waals surface area contributed by atoms with E-state index in [1.807, 2.05) is 81.5 Å². The molecule has 0 fully saturated rings. The molecule has 0 aliphatic carbocycles. The van der Waals surface area contributed by atoms with Crippen LogP contribution in [0, 0.1) is 13.8 Å². The molecule has 1 aromatic heterocycles. The van der Waals surface area contributed by atoms with E-state index in [2.05, 4.69) is 26.0 Å². The molecule has 4 N–H and O–H groups in total. The van der Waals surface area contributed by atoms with E-state index in [9.17, 15) is 4.79 Å². The number of aromatic nitrogens is 3. The molecule has 1 amide bonds. The molecule has 0 radical (unpaired) electrons. The van der Waals surface area contributed by atoms with E-state index in [0.717, 1.165) is 22.5 Å². The van der Waals surface area contributed by atoms with Gasteiger partial charge in [0.2, 0.25) is 11.1 Å². The number of thioether (sulfide) groups is 1. The number of rotatable bonds is 8. The molecule has 0 saturated heterocycles. The summed E-state index contributed by atoms with van der Waals surface area (Å²) in [6.45, 7) is 5.89. The lowest BCUT2D eigenvalue weighted by molar-refractivity contribution is -0.113. The molecule has 3 aromatic rings. The van der Waals surface area contributed by atoms with Crippen molar-refractivity contribution in [3.63, 3.8) is 0 Å². The molecule has 8 nitrogen and oxygen atoms in total. The highest BCUT2D eigenvalue weighted by atomic mass is 32.2.